The van der Waals surface area contributed by atoms with Gasteiger partial charge in [-0.25, -0.2) is 0 Å². The molecule has 0 saturated carbocycles. The normalized spacial score (nSPS) is 10.7. The average Bonchev–Trinajstić information content (AvgIpc) is 2.76. The molecular weight excluding hydrogens is 392 g/mol. The van der Waals surface area contributed by atoms with Gasteiger partial charge in [0, 0.05) is 17.8 Å². The first-order valence-electron chi connectivity index (χ1n) is 11.2. The maximum absolute atomic E-state index is 12.6. The van der Waals surface area contributed by atoms with Gasteiger partial charge in [-0.15, -0.1) is 11.8 Å². The third-order valence-electron chi connectivity index (χ3n) is 4.90. The van der Waals surface area contributed by atoms with Crippen LogP contribution in [0.2, 0.25) is 0 Å². The molecule has 0 aliphatic heterocycles. The van der Waals surface area contributed by atoms with Crippen LogP contribution in [0.5, 0.6) is 5.75 Å². The third kappa shape index (κ3) is 8.70. The summed E-state index contributed by atoms with van der Waals surface area (Å²) >= 11 is 1.79. The van der Waals surface area contributed by atoms with Crippen molar-refractivity contribution in [3.05, 3.63) is 53.6 Å². The highest BCUT2D eigenvalue weighted by Crippen LogP contribution is 2.31. The highest BCUT2D eigenvalue weighted by molar-refractivity contribution is 7.99. The van der Waals surface area contributed by atoms with Crippen LogP contribution in [0.3, 0.4) is 0 Å². The molecule has 0 aromatic heterocycles. The van der Waals surface area contributed by atoms with Crippen LogP contribution in [0.1, 0.15) is 68.3 Å². The number of nitrogen functional groups attached to an aromatic ring is 1. The van der Waals surface area contributed by atoms with Gasteiger partial charge in [0.05, 0.1) is 11.5 Å². The summed E-state index contributed by atoms with van der Waals surface area (Å²) in [5.41, 5.74) is 8.32. The Bertz CT molecular complexity index is 762. The van der Waals surface area contributed by atoms with Gasteiger partial charge in [-0.3, -0.25) is 4.79 Å². The first-order chi connectivity index (χ1) is 14.6. The number of anilines is 1. The van der Waals surface area contributed by atoms with Crippen LogP contribution in [0.4, 0.5) is 5.69 Å². The smallest absolute Gasteiger partial charge is 0.251 e. The van der Waals surface area contributed by atoms with Gasteiger partial charge >= 0.3 is 0 Å². The van der Waals surface area contributed by atoms with Crippen LogP contribution in [0.15, 0.2) is 47.4 Å². The lowest BCUT2D eigenvalue weighted by molar-refractivity contribution is 0.0954. The summed E-state index contributed by atoms with van der Waals surface area (Å²) in [6, 6.07) is 13.6. The molecule has 3 N–H and O–H groups in total. The highest BCUT2D eigenvalue weighted by atomic mass is 32.2. The van der Waals surface area contributed by atoms with Gasteiger partial charge in [0.15, 0.2) is 0 Å². The molecule has 0 radical (unpaired) electrons. The zero-order valence-electron chi connectivity index (χ0n) is 18.4. The van der Waals surface area contributed by atoms with Crippen molar-refractivity contribution in [2.45, 2.75) is 63.7 Å². The Labute approximate surface area is 186 Å². The van der Waals surface area contributed by atoms with E-state index in [1.54, 1.807) is 11.8 Å². The second-order valence-electron chi connectivity index (χ2n) is 7.52. The number of hydrogen-bond acceptors (Lipinski definition) is 4. The van der Waals surface area contributed by atoms with Crippen molar-refractivity contribution in [3.63, 3.8) is 0 Å². The summed E-state index contributed by atoms with van der Waals surface area (Å²) in [6.45, 7) is 5.72. The summed E-state index contributed by atoms with van der Waals surface area (Å²) in [7, 11) is 0. The first-order valence-corrected chi connectivity index (χ1v) is 12.1. The second kappa shape index (κ2) is 14.0. The minimum Gasteiger partial charge on any atom is -0.492 e. The maximum atomic E-state index is 12.6. The van der Waals surface area contributed by atoms with E-state index in [0.29, 0.717) is 12.1 Å². The van der Waals surface area contributed by atoms with E-state index in [-0.39, 0.29) is 5.91 Å². The number of unbranched alkanes of at least 4 members (excludes halogenated alkanes) is 4. The highest BCUT2D eigenvalue weighted by Gasteiger charge is 2.11. The molecule has 0 saturated heterocycles. The van der Waals surface area contributed by atoms with E-state index in [0.717, 1.165) is 47.1 Å². The van der Waals surface area contributed by atoms with E-state index in [1.807, 2.05) is 42.5 Å². The van der Waals surface area contributed by atoms with Gasteiger partial charge in [0.1, 0.15) is 5.75 Å². The van der Waals surface area contributed by atoms with E-state index >= 15 is 0 Å². The number of carbonyl (C=O) groups is 1. The molecule has 30 heavy (non-hydrogen) atoms. The number of nitrogens with one attached hydrogen (secondary N) is 1. The first kappa shape index (κ1) is 24.1. The van der Waals surface area contributed by atoms with Gasteiger partial charge < -0.3 is 15.8 Å². The van der Waals surface area contributed by atoms with Gasteiger partial charge in [-0.05, 0) is 60.9 Å². The quantitative estimate of drug-likeness (QED) is 0.217. The summed E-state index contributed by atoms with van der Waals surface area (Å²) in [5, 5.41) is 3.02. The average molecular weight is 429 g/mol. The molecule has 0 aliphatic carbocycles. The summed E-state index contributed by atoms with van der Waals surface area (Å²) in [5.74, 6) is 1.89. The molecule has 2 rings (SSSR count). The van der Waals surface area contributed by atoms with E-state index in [4.69, 9.17) is 10.5 Å². The van der Waals surface area contributed by atoms with Crippen LogP contribution >= 0.6 is 11.8 Å². The Kier molecular flexibility index (Phi) is 11.2. The van der Waals surface area contributed by atoms with Crippen LogP contribution in [-0.2, 0) is 6.42 Å². The van der Waals surface area contributed by atoms with Crippen molar-refractivity contribution in [2.75, 3.05) is 24.6 Å². The van der Waals surface area contributed by atoms with Crippen molar-refractivity contribution >= 4 is 23.4 Å². The van der Waals surface area contributed by atoms with E-state index < -0.39 is 0 Å². The Hall–Kier alpha value is -2.14. The van der Waals surface area contributed by atoms with Gasteiger partial charge in [-0.1, -0.05) is 51.7 Å². The number of hydrogen-bond donors (Lipinski definition) is 2. The number of carbonyl (C=O) groups excluding carboxylic acids is 1. The lowest BCUT2D eigenvalue weighted by atomic mass is 10.1. The molecule has 0 aliphatic rings. The van der Waals surface area contributed by atoms with Crippen LogP contribution in [0.25, 0.3) is 0 Å². The molecule has 164 valence electrons. The standard InChI is InChI=1S/C25H36N2O2S/c1-3-5-7-17-29-23-14-11-21(19-24(23)30-18-8-6-4-2)25(28)27-16-15-20-9-12-22(26)13-10-20/h9-14,19H,3-8,15-18,26H2,1-2H3,(H,27,28). The number of ether oxygens (including phenoxy) is 1. The van der Waals surface area contributed by atoms with Crippen molar-refractivity contribution in [1.82, 2.24) is 5.32 Å². The van der Waals surface area contributed by atoms with Crippen molar-refractivity contribution < 1.29 is 9.53 Å². The van der Waals surface area contributed by atoms with Crippen LogP contribution in [-0.4, -0.2) is 24.8 Å². The molecule has 0 atom stereocenters. The molecule has 5 heteroatoms. The molecule has 0 bridgehead atoms. The third-order valence-corrected chi connectivity index (χ3v) is 6.02. The largest absolute Gasteiger partial charge is 0.492 e. The molecule has 0 unspecified atom stereocenters. The van der Waals surface area contributed by atoms with Crippen molar-refractivity contribution in [3.8, 4) is 5.75 Å². The Morgan fingerprint density at radius 3 is 2.47 bits per heavy atom. The van der Waals surface area contributed by atoms with Gasteiger partial charge in [0.25, 0.3) is 5.91 Å². The van der Waals surface area contributed by atoms with Crippen molar-refractivity contribution in [1.29, 1.82) is 0 Å². The Morgan fingerprint density at radius 1 is 1.00 bits per heavy atom. The van der Waals surface area contributed by atoms with Crippen molar-refractivity contribution in [2.24, 2.45) is 0 Å². The minimum absolute atomic E-state index is 0.0432. The van der Waals surface area contributed by atoms with E-state index in [2.05, 4.69) is 19.2 Å². The number of rotatable bonds is 14. The molecule has 2 aromatic carbocycles. The molecule has 0 heterocycles. The monoisotopic (exact) mass is 428 g/mol. The molecular formula is C25H36N2O2S. The predicted molar refractivity (Wildman–Crippen MR) is 129 cm³/mol. The lowest BCUT2D eigenvalue weighted by Crippen LogP contribution is -2.25. The zero-order chi connectivity index (χ0) is 21.6. The van der Waals surface area contributed by atoms with Crippen LogP contribution < -0.4 is 15.8 Å². The molecule has 1 amide bonds. The summed E-state index contributed by atoms with van der Waals surface area (Å²) < 4.78 is 6.02. The number of nitrogens with two attached hydrogens (primary N) is 1. The minimum atomic E-state index is -0.0432. The molecule has 0 fully saturated rings. The topological polar surface area (TPSA) is 64.3 Å². The van der Waals surface area contributed by atoms with E-state index in [9.17, 15) is 4.79 Å². The second-order valence-corrected chi connectivity index (χ2v) is 8.66. The summed E-state index contributed by atoms with van der Waals surface area (Å²) in [6.07, 6.45) is 7.80. The number of amides is 1. The summed E-state index contributed by atoms with van der Waals surface area (Å²) in [4.78, 5) is 13.7. The molecule has 2 aromatic rings. The maximum Gasteiger partial charge on any atom is 0.251 e. The Morgan fingerprint density at radius 2 is 1.73 bits per heavy atom. The zero-order valence-corrected chi connectivity index (χ0v) is 19.2. The number of thioether (sulfide) groups is 1. The SMILES string of the molecule is CCCCCOc1ccc(C(=O)NCCc2ccc(N)cc2)cc1SCCCCC. The van der Waals surface area contributed by atoms with Gasteiger partial charge in [-0.2, -0.15) is 0 Å². The number of benzene rings is 2. The lowest BCUT2D eigenvalue weighted by Gasteiger charge is -2.13. The Balaban J connectivity index is 1.95. The van der Waals surface area contributed by atoms with Crippen LogP contribution in [0, 0.1) is 0 Å². The van der Waals surface area contributed by atoms with Gasteiger partial charge in [0.2, 0.25) is 0 Å². The fourth-order valence-electron chi connectivity index (χ4n) is 3.06. The van der Waals surface area contributed by atoms with E-state index in [1.165, 1.54) is 32.1 Å². The fraction of sp³-hybridized carbons (Fsp3) is 0.480. The fourth-order valence-corrected chi connectivity index (χ4v) is 4.10. The molecule has 4 nitrogen and oxygen atoms in total. The predicted octanol–water partition coefficient (Wildman–Crippen LogP) is 6.09. The molecule has 0 spiro atoms.